The van der Waals surface area contributed by atoms with Gasteiger partial charge in [0.2, 0.25) is 0 Å². The van der Waals surface area contributed by atoms with E-state index in [1.807, 2.05) is 0 Å². The number of anilines is 1. The van der Waals surface area contributed by atoms with E-state index in [1.54, 1.807) is 5.56 Å². The zero-order valence-corrected chi connectivity index (χ0v) is 11.1. The number of rotatable bonds is 1. The summed E-state index contributed by atoms with van der Waals surface area (Å²) in [7, 11) is 0. The molecule has 1 heterocycles. The van der Waals surface area contributed by atoms with E-state index in [1.165, 1.54) is 55.5 Å². The molecule has 1 atom stereocenters. The van der Waals surface area contributed by atoms with Crippen LogP contribution in [0.5, 0.6) is 0 Å². The first-order valence-electron chi connectivity index (χ1n) is 7.11. The number of hydrogen-bond acceptors (Lipinski definition) is 1. The van der Waals surface area contributed by atoms with Crippen LogP contribution in [0, 0.1) is 19.8 Å². The van der Waals surface area contributed by atoms with Gasteiger partial charge in [-0.2, -0.15) is 0 Å². The van der Waals surface area contributed by atoms with Gasteiger partial charge >= 0.3 is 0 Å². The Morgan fingerprint density at radius 3 is 2.59 bits per heavy atom. The summed E-state index contributed by atoms with van der Waals surface area (Å²) in [6.07, 6.45) is 7.23. The lowest BCUT2D eigenvalue weighted by Gasteiger charge is -2.27. The number of hydrogen-bond donors (Lipinski definition) is 1. The predicted molar refractivity (Wildman–Crippen MR) is 73.7 cm³/mol. The van der Waals surface area contributed by atoms with E-state index >= 15 is 0 Å². The minimum absolute atomic E-state index is 0.781. The molecule has 92 valence electrons. The molecular formula is C16H23N. The number of fused-ring (bicyclic) bond motifs is 1. The minimum Gasteiger partial charge on any atom is -0.384 e. The van der Waals surface area contributed by atoms with Gasteiger partial charge in [-0.3, -0.25) is 0 Å². The van der Waals surface area contributed by atoms with Crippen molar-refractivity contribution in [1.29, 1.82) is 0 Å². The highest BCUT2D eigenvalue weighted by Crippen LogP contribution is 2.43. The van der Waals surface area contributed by atoms with E-state index in [0.717, 1.165) is 11.8 Å². The van der Waals surface area contributed by atoms with Gasteiger partial charge in [-0.25, -0.2) is 0 Å². The van der Waals surface area contributed by atoms with Crippen LogP contribution in [0.1, 0.15) is 54.7 Å². The molecule has 1 fully saturated rings. The lowest BCUT2D eigenvalue weighted by molar-refractivity contribution is 0.316. The molecular weight excluding hydrogens is 206 g/mol. The third-order valence-corrected chi connectivity index (χ3v) is 4.63. The second-order valence-electron chi connectivity index (χ2n) is 5.93. The molecule has 1 aromatic carbocycles. The Labute approximate surface area is 105 Å². The van der Waals surface area contributed by atoms with E-state index in [4.69, 9.17) is 0 Å². The molecule has 1 aromatic rings. The maximum Gasteiger partial charge on any atom is 0.0406 e. The molecule has 0 spiro atoms. The quantitative estimate of drug-likeness (QED) is 0.753. The Morgan fingerprint density at radius 1 is 1.06 bits per heavy atom. The fourth-order valence-electron chi connectivity index (χ4n) is 3.81. The smallest absolute Gasteiger partial charge is 0.0406 e. The van der Waals surface area contributed by atoms with Crippen LogP contribution >= 0.6 is 0 Å². The lowest BCUT2D eigenvalue weighted by atomic mass is 9.77. The molecule has 1 N–H and O–H groups in total. The fraction of sp³-hybridized carbons (Fsp3) is 0.625. The molecule has 1 nitrogen and oxygen atoms in total. The molecule has 0 radical (unpaired) electrons. The molecule has 0 saturated heterocycles. The summed E-state index contributed by atoms with van der Waals surface area (Å²) in [5.41, 5.74) is 5.89. The molecule has 17 heavy (non-hydrogen) atoms. The van der Waals surface area contributed by atoms with Crippen molar-refractivity contribution < 1.29 is 0 Å². The van der Waals surface area contributed by atoms with Gasteiger partial charge < -0.3 is 5.32 Å². The van der Waals surface area contributed by atoms with Gasteiger partial charge in [0.15, 0.2) is 0 Å². The van der Waals surface area contributed by atoms with Gasteiger partial charge in [-0.1, -0.05) is 37.0 Å². The Hall–Kier alpha value is -0.980. The molecule has 1 aliphatic carbocycles. The summed E-state index contributed by atoms with van der Waals surface area (Å²) in [5.74, 6) is 1.71. The summed E-state index contributed by atoms with van der Waals surface area (Å²) in [5, 5.41) is 3.64. The summed E-state index contributed by atoms with van der Waals surface area (Å²) >= 11 is 0. The van der Waals surface area contributed by atoms with Crippen LogP contribution in [-0.4, -0.2) is 6.54 Å². The molecule has 0 aromatic heterocycles. The average Bonchev–Trinajstić information content (AvgIpc) is 2.74. The van der Waals surface area contributed by atoms with Crippen molar-refractivity contribution in [2.45, 2.75) is 51.9 Å². The van der Waals surface area contributed by atoms with Crippen LogP contribution in [0.15, 0.2) is 12.1 Å². The standard InChI is InChI=1S/C16H23N/c1-11-8-12(2)16-14(9-11)15(10-17-16)13-6-4-3-5-7-13/h8-9,13,15,17H,3-7,10H2,1-2H3. The van der Waals surface area contributed by atoms with Crippen molar-refractivity contribution in [1.82, 2.24) is 0 Å². The first kappa shape index (κ1) is 11.1. The average molecular weight is 229 g/mol. The second-order valence-corrected chi connectivity index (χ2v) is 5.93. The van der Waals surface area contributed by atoms with Gasteiger partial charge in [-0.05, 0) is 43.7 Å². The molecule has 1 heteroatoms. The fourth-order valence-corrected chi connectivity index (χ4v) is 3.81. The lowest BCUT2D eigenvalue weighted by Crippen LogP contribution is -2.17. The van der Waals surface area contributed by atoms with E-state index in [-0.39, 0.29) is 0 Å². The summed E-state index contributed by atoms with van der Waals surface area (Å²) in [6, 6.07) is 4.72. The van der Waals surface area contributed by atoms with Crippen LogP contribution in [0.25, 0.3) is 0 Å². The number of aryl methyl sites for hydroxylation is 2. The first-order valence-corrected chi connectivity index (χ1v) is 7.11. The Balaban J connectivity index is 1.92. The molecule has 1 aliphatic heterocycles. The van der Waals surface area contributed by atoms with Crippen molar-refractivity contribution >= 4 is 5.69 Å². The van der Waals surface area contributed by atoms with Gasteiger partial charge in [0.25, 0.3) is 0 Å². The van der Waals surface area contributed by atoms with E-state index in [9.17, 15) is 0 Å². The topological polar surface area (TPSA) is 12.0 Å². The first-order chi connectivity index (χ1) is 8.25. The number of nitrogens with one attached hydrogen (secondary N) is 1. The normalized spacial score (nSPS) is 24.5. The van der Waals surface area contributed by atoms with E-state index in [2.05, 4.69) is 31.3 Å². The molecule has 1 unspecified atom stereocenters. The van der Waals surface area contributed by atoms with Gasteiger partial charge in [-0.15, -0.1) is 0 Å². The van der Waals surface area contributed by atoms with Gasteiger partial charge in [0.1, 0.15) is 0 Å². The van der Waals surface area contributed by atoms with Crippen LogP contribution < -0.4 is 5.32 Å². The molecule has 0 bridgehead atoms. The van der Waals surface area contributed by atoms with Gasteiger partial charge in [0.05, 0.1) is 0 Å². The summed E-state index contributed by atoms with van der Waals surface area (Å²) in [4.78, 5) is 0. The van der Waals surface area contributed by atoms with E-state index < -0.39 is 0 Å². The summed E-state index contributed by atoms with van der Waals surface area (Å²) in [6.45, 7) is 5.63. The third-order valence-electron chi connectivity index (χ3n) is 4.63. The maximum atomic E-state index is 3.64. The Kier molecular flexibility index (Phi) is 2.85. The second kappa shape index (κ2) is 4.36. The van der Waals surface area contributed by atoms with Crippen molar-refractivity contribution in [2.75, 3.05) is 11.9 Å². The van der Waals surface area contributed by atoms with Crippen LogP contribution in [-0.2, 0) is 0 Å². The highest BCUT2D eigenvalue weighted by atomic mass is 14.9. The van der Waals surface area contributed by atoms with Crippen LogP contribution in [0.2, 0.25) is 0 Å². The van der Waals surface area contributed by atoms with Crippen molar-refractivity contribution in [3.63, 3.8) is 0 Å². The van der Waals surface area contributed by atoms with Gasteiger partial charge in [0, 0.05) is 18.2 Å². The SMILES string of the molecule is Cc1cc(C)c2c(c1)C(C1CCCCC1)CN2. The Bertz CT molecular complexity index is 416. The largest absolute Gasteiger partial charge is 0.384 e. The Morgan fingerprint density at radius 2 is 1.82 bits per heavy atom. The minimum atomic E-state index is 0.781. The molecule has 1 saturated carbocycles. The molecule has 2 aliphatic rings. The monoisotopic (exact) mass is 229 g/mol. The maximum absolute atomic E-state index is 3.64. The van der Waals surface area contributed by atoms with Crippen LogP contribution in [0.3, 0.4) is 0 Å². The van der Waals surface area contributed by atoms with Crippen molar-refractivity contribution in [2.24, 2.45) is 5.92 Å². The molecule has 0 amide bonds. The van der Waals surface area contributed by atoms with Crippen LogP contribution in [0.4, 0.5) is 5.69 Å². The third kappa shape index (κ3) is 1.96. The number of benzene rings is 1. The zero-order chi connectivity index (χ0) is 11.8. The highest BCUT2D eigenvalue weighted by molar-refractivity contribution is 5.64. The zero-order valence-electron chi connectivity index (χ0n) is 11.1. The van der Waals surface area contributed by atoms with Crippen molar-refractivity contribution in [3.05, 3.63) is 28.8 Å². The van der Waals surface area contributed by atoms with E-state index in [0.29, 0.717) is 0 Å². The van der Waals surface area contributed by atoms with Crippen molar-refractivity contribution in [3.8, 4) is 0 Å². The highest BCUT2D eigenvalue weighted by Gasteiger charge is 2.31. The predicted octanol–water partition coefficient (Wildman–Crippen LogP) is 4.39. The molecule has 3 rings (SSSR count). The summed E-state index contributed by atoms with van der Waals surface area (Å²) < 4.78 is 0.